The number of aliphatic hydroxyl groups is 1. The zero-order valence-electron chi connectivity index (χ0n) is 10.8. The Kier molecular flexibility index (Phi) is 6.24. The molecule has 0 saturated heterocycles. The lowest BCUT2D eigenvalue weighted by atomic mass is 9.89. The maximum Gasteiger partial charge on any atom is 0.432 e. The summed E-state index contributed by atoms with van der Waals surface area (Å²) in [5.41, 5.74) is -1.48. The van der Waals surface area contributed by atoms with Crippen LogP contribution in [0.2, 0.25) is 0 Å². The van der Waals surface area contributed by atoms with Gasteiger partial charge in [-0.3, -0.25) is 0 Å². The summed E-state index contributed by atoms with van der Waals surface area (Å²) in [6, 6.07) is 9.52. The summed E-state index contributed by atoms with van der Waals surface area (Å²) in [5, 5.41) is 24.1. The second-order valence-electron chi connectivity index (χ2n) is 4.63. The standard InChI is InChI=1S/C12H18O2.BH3O2/c1-11(2,13)12(3,4)14-10-8-6-5-7-9-10;2-1-3/h5-9,13H,1-4H3;1-3H. The topological polar surface area (TPSA) is 69.9 Å². The number of hydrogen-bond acceptors (Lipinski definition) is 4. The van der Waals surface area contributed by atoms with Gasteiger partial charge in [0.05, 0.1) is 5.60 Å². The van der Waals surface area contributed by atoms with E-state index in [4.69, 9.17) is 14.8 Å². The molecule has 3 N–H and O–H groups in total. The Balaban J connectivity index is 0.000000770. The van der Waals surface area contributed by atoms with Crippen LogP contribution in [-0.4, -0.2) is 34.0 Å². The van der Waals surface area contributed by atoms with Gasteiger partial charge in [0.2, 0.25) is 0 Å². The summed E-state index contributed by atoms with van der Waals surface area (Å²) in [7, 11) is -0.750. The van der Waals surface area contributed by atoms with Gasteiger partial charge in [0.1, 0.15) is 11.4 Å². The van der Waals surface area contributed by atoms with E-state index < -0.39 is 18.9 Å². The Morgan fingerprint density at radius 2 is 1.41 bits per heavy atom. The molecule has 0 atom stereocenters. The van der Waals surface area contributed by atoms with Gasteiger partial charge in [-0.2, -0.15) is 0 Å². The monoisotopic (exact) mass is 240 g/mol. The highest BCUT2D eigenvalue weighted by Gasteiger charge is 2.37. The van der Waals surface area contributed by atoms with Gasteiger partial charge in [0.15, 0.2) is 0 Å². The van der Waals surface area contributed by atoms with E-state index in [2.05, 4.69) is 0 Å². The molecule has 0 aliphatic carbocycles. The van der Waals surface area contributed by atoms with E-state index in [1.807, 2.05) is 44.2 Å². The van der Waals surface area contributed by atoms with Gasteiger partial charge >= 0.3 is 7.69 Å². The fraction of sp³-hybridized carbons (Fsp3) is 0.500. The molecule has 5 heteroatoms. The van der Waals surface area contributed by atoms with Gasteiger partial charge in [-0.15, -0.1) is 0 Å². The van der Waals surface area contributed by atoms with Crippen LogP contribution in [0.25, 0.3) is 0 Å². The summed E-state index contributed by atoms with van der Waals surface area (Å²) in [6.45, 7) is 7.24. The van der Waals surface area contributed by atoms with Crippen molar-refractivity contribution < 1.29 is 19.9 Å². The fourth-order valence-corrected chi connectivity index (χ4v) is 0.908. The van der Waals surface area contributed by atoms with Crippen LogP contribution in [-0.2, 0) is 0 Å². The van der Waals surface area contributed by atoms with Crippen LogP contribution in [0.1, 0.15) is 27.7 Å². The largest absolute Gasteiger partial charge is 0.485 e. The predicted molar refractivity (Wildman–Crippen MR) is 69.0 cm³/mol. The molecule has 0 amide bonds. The molecule has 0 heterocycles. The molecule has 0 radical (unpaired) electrons. The molecule has 0 unspecified atom stereocenters. The summed E-state index contributed by atoms with van der Waals surface area (Å²) in [5.74, 6) is 0.777. The van der Waals surface area contributed by atoms with Gasteiger partial charge < -0.3 is 19.9 Å². The van der Waals surface area contributed by atoms with E-state index >= 15 is 0 Å². The van der Waals surface area contributed by atoms with Crippen molar-refractivity contribution in [2.24, 2.45) is 0 Å². The number of ether oxygens (including phenoxy) is 1. The Morgan fingerprint density at radius 3 is 1.76 bits per heavy atom. The van der Waals surface area contributed by atoms with Gasteiger partial charge in [0.25, 0.3) is 0 Å². The first-order chi connectivity index (χ1) is 7.74. The van der Waals surface area contributed by atoms with Crippen molar-refractivity contribution in [3.05, 3.63) is 30.3 Å². The first-order valence-corrected chi connectivity index (χ1v) is 5.42. The number of para-hydroxylation sites is 1. The SMILES string of the molecule is CC(C)(O)C(C)(C)Oc1ccccc1.OBO. The van der Waals surface area contributed by atoms with Crippen LogP contribution >= 0.6 is 0 Å². The third-order valence-corrected chi connectivity index (χ3v) is 2.59. The van der Waals surface area contributed by atoms with Crippen LogP contribution in [0.15, 0.2) is 30.3 Å². The minimum Gasteiger partial charge on any atom is -0.485 e. The third-order valence-electron chi connectivity index (χ3n) is 2.59. The highest BCUT2D eigenvalue weighted by atomic mass is 16.5. The van der Waals surface area contributed by atoms with Gasteiger partial charge in [0, 0.05) is 0 Å². The van der Waals surface area contributed by atoms with Crippen molar-refractivity contribution in [3.8, 4) is 5.75 Å². The first kappa shape index (κ1) is 16.0. The molecule has 0 aliphatic heterocycles. The van der Waals surface area contributed by atoms with Crippen molar-refractivity contribution in [1.29, 1.82) is 0 Å². The van der Waals surface area contributed by atoms with Crippen LogP contribution < -0.4 is 4.74 Å². The molecule has 0 spiro atoms. The van der Waals surface area contributed by atoms with E-state index in [-0.39, 0.29) is 0 Å². The van der Waals surface area contributed by atoms with Crippen LogP contribution in [0.3, 0.4) is 0 Å². The molecular formula is C12H21BO4. The van der Waals surface area contributed by atoms with Crippen molar-refractivity contribution in [1.82, 2.24) is 0 Å². The molecule has 0 aromatic heterocycles. The normalized spacial score (nSPS) is 11.2. The first-order valence-electron chi connectivity index (χ1n) is 5.42. The zero-order valence-corrected chi connectivity index (χ0v) is 10.8. The van der Waals surface area contributed by atoms with E-state index in [9.17, 15) is 5.11 Å². The maximum absolute atomic E-state index is 9.88. The zero-order chi connectivity index (χ0) is 13.5. The van der Waals surface area contributed by atoms with Crippen molar-refractivity contribution in [2.75, 3.05) is 0 Å². The molecule has 4 nitrogen and oxygen atoms in total. The summed E-state index contributed by atoms with van der Waals surface area (Å²) >= 11 is 0. The molecule has 0 saturated carbocycles. The Hall–Kier alpha value is -1.04. The summed E-state index contributed by atoms with van der Waals surface area (Å²) < 4.78 is 5.72. The average molecular weight is 240 g/mol. The lowest BCUT2D eigenvalue weighted by molar-refractivity contribution is -0.0906. The predicted octanol–water partition coefficient (Wildman–Crippen LogP) is 0.852. The lowest BCUT2D eigenvalue weighted by Crippen LogP contribution is -2.49. The molecule has 1 rings (SSSR count). The second-order valence-corrected chi connectivity index (χ2v) is 4.63. The molecule has 96 valence electrons. The second kappa shape index (κ2) is 6.64. The highest BCUT2D eigenvalue weighted by molar-refractivity contribution is 6.13. The third kappa shape index (κ3) is 5.72. The fourth-order valence-electron chi connectivity index (χ4n) is 0.908. The Morgan fingerprint density at radius 1 is 1.00 bits per heavy atom. The average Bonchev–Trinajstić information content (AvgIpc) is 2.17. The van der Waals surface area contributed by atoms with Crippen LogP contribution in [0.4, 0.5) is 0 Å². The maximum atomic E-state index is 9.88. The smallest absolute Gasteiger partial charge is 0.432 e. The minimum atomic E-state index is -0.872. The van der Waals surface area contributed by atoms with Crippen molar-refractivity contribution >= 4 is 7.69 Å². The summed E-state index contributed by atoms with van der Waals surface area (Å²) in [6.07, 6.45) is 0. The lowest BCUT2D eigenvalue weighted by Gasteiger charge is -2.37. The van der Waals surface area contributed by atoms with E-state index in [1.54, 1.807) is 13.8 Å². The Labute approximate surface area is 103 Å². The summed E-state index contributed by atoms with van der Waals surface area (Å²) in [4.78, 5) is 0. The van der Waals surface area contributed by atoms with Crippen LogP contribution in [0.5, 0.6) is 5.75 Å². The number of rotatable bonds is 3. The van der Waals surface area contributed by atoms with E-state index in [1.165, 1.54) is 0 Å². The molecule has 17 heavy (non-hydrogen) atoms. The van der Waals surface area contributed by atoms with Gasteiger partial charge in [-0.25, -0.2) is 0 Å². The van der Waals surface area contributed by atoms with E-state index in [0.29, 0.717) is 0 Å². The molecule has 1 aromatic carbocycles. The van der Waals surface area contributed by atoms with Gasteiger partial charge in [-0.1, -0.05) is 18.2 Å². The van der Waals surface area contributed by atoms with E-state index in [0.717, 1.165) is 5.75 Å². The Bertz CT molecular complexity index is 306. The minimum absolute atomic E-state index is 0.603. The highest BCUT2D eigenvalue weighted by Crippen LogP contribution is 2.27. The number of benzene rings is 1. The molecule has 1 aromatic rings. The van der Waals surface area contributed by atoms with Gasteiger partial charge in [-0.05, 0) is 39.8 Å². The molecule has 0 bridgehead atoms. The van der Waals surface area contributed by atoms with Crippen molar-refractivity contribution in [2.45, 2.75) is 38.9 Å². The van der Waals surface area contributed by atoms with Crippen LogP contribution in [0, 0.1) is 0 Å². The molecule has 0 fully saturated rings. The quantitative estimate of drug-likeness (QED) is 0.685. The number of hydrogen-bond donors (Lipinski definition) is 3. The van der Waals surface area contributed by atoms with Crippen molar-refractivity contribution in [3.63, 3.8) is 0 Å². The molecular weight excluding hydrogens is 219 g/mol. The molecule has 0 aliphatic rings.